The molecule has 27 heavy (non-hydrogen) atoms. The van der Waals surface area contributed by atoms with Crippen molar-refractivity contribution in [2.24, 2.45) is 5.92 Å². The Balaban J connectivity index is 2.70. The number of alkyl halides is 5. The Kier molecular flexibility index (Phi) is 5.70. The van der Waals surface area contributed by atoms with Gasteiger partial charge in [-0.1, -0.05) is 13.0 Å². The van der Waals surface area contributed by atoms with Gasteiger partial charge in [-0.15, -0.1) is 0 Å². The Bertz CT molecular complexity index is 720. The van der Waals surface area contributed by atoms with Crippen LogP contribution in [0.1, 0.15) is 37.3 Å². The molecule has 0 aliphatic carbocycles. The predicted octanol–water partition coefficient (Wildman–Crippen LogP) is 4.38. The van der Waals surface area contributed by atoms with E-state index in [-0.39, 0.29) is 5.56 Å². The topological polar surface area (TPSA) is 44.8 Å². The van der Waals surface area contributed by atoms with Crippen LogP contribution in [-0.4, -0.2) is 38.1 Å². The molecule has 1 aliphatic rings. The molecule has 0 unspecified atom stereocenters. The van der Waals surface area contributed by atoms with E-state index >= 15 is 0 Å². The molecule has 1 aromatic carbocycles. The molecule has 0 saturated carbocycles. The maximum atomic E-state index is 13.9. The van der Waals surface area contributed by atoms with Crippen LogP contribution < -0.4 is 4.74 Å². The predicted molar refractivity (Wildman–Crippen MR) is 81.2 cm³/mol. The molecular formula is C17H18F6O4. The zero-order chi connectivity index (χ0) is 20.7. The number of hydrogen-bond acceptors (Lipinski definition) is 4. The second-order valence-corrected chi connectivity index (χ2v) is 6.37. The van der Waals surface area contributed by atoms with Crippen molar-refractivity contribution in [2.45, 2.75) is 44.1 Å². The van der Waals surface area contributed by atoms with Crippen LogP contribution in [0.5, 0.6) is 5.75 Å². The summed E-state index contributed by atoms with van der Waals surface area (Å²) >= 11 is 0. The SMILES string of the molecule is COC(=O)[C@@H]1O[C@@](C)(C(F)(F)F)[C@@H](C)[C@@H]1c1ccc(F)c(C(F)F)c1OC. The quantitative estimate of drug-likeness (QED) is 0.556. The molecule has 0 N–H and O–H groups in total. The van der Waals surface area contributed by atoms with Gasteiger partial charge in [0.2, 0.25) is 0 Å². The molecule has 1 heterocycles. The highest BCUT2D eigenvalue weighted by Crippen LogP contribution is 2.55. The normalized spacial score (nSPS) is 28.5. The van der Waals surface area contributed by atoms with Crippen LogP contribution in [0.15, 0.2) is 12.1 Å². The molecule has 4 nitrogen and oxygen atoms in total. The van der Waals surface area contributed by atoms with E-state index in [1.54, 1.807) is 0 Å². The van der Waals surface area contributed by atoms with Crippen LogP contribution in [0.2, 0.25) is 0 Å². The van der Waals surface area contributed by atoms with Crippen LogP contribution in [0, 0.1) is 11.7 Å². The molecule has 10 heteroatoms. The monoisotopic (exact) mass is 400 g/mol. The minimum Gasteiger partial charge on any atom is -0.496 e. The highest BCUT2D eigenvalue weighted by atomic mass is 19.4. The van der Waals surface area contributed by atoms with E-state index in [4.69, 9.17) is 9.47 Å². The van der Waals surface area contributed by atoms with Crippen molar-refractivity contribution in [1.82, 2.24) is 0 Å². The molecule has 152 valence electrons. The highest BCUT2D eigenvalue weighted by Gasteiger charge is 2.66. The van der Waals surface area contributed by atoms with Gasteiger partial charge in [-0.25, -0.2) is 18.0 Å². The third-order valence-electron chi connectivity index (χ3n) is 5.06. The second-order valence-electron chi connectivity index (χ2n) is 6.37. The lowest BCUT2D eigenvalue weighted by molar-refractivity contribution is -0.274. The Labute approximate surface area is 151 Å². The lowest BCUT2D eigenvalue weighted by Crippen LogP contribution is -2.47. The van der Waals surface area contributed by atoms with Crippen LogP contribution in [0.25, 0.3) is 0 Å². The van der Waals surface area contributed by atoms with Gasteiger partial charge in [0.25, 0.3) is 6.43 Å². The number of halogens is 6. The summed E-state index contributed by atoms with van der Waals surface area (Å²) in [6, 6.07) is 1.71. The van der Waals surface area contributed by atoms with Crippen molar-refractivity contribution in [3.05, 3.63) is 29.1 Å². The van der Waals surface area contributed by atoms with Gasteiger partial charge < -0.3 is 14.2 Å². The average molecular weight is 400 g/mol. The van der Waals surface area contributed by atoms with E-state index in [0.29, 0.717) is 6.07 Å². The van der Waals surface area contributed by atoms with Gasteiger partial charge in [-0.3, -0.25) is 0 Å². The Hall–Kier alpha value is -1.97. The van der Waals surface area contributed by atoms with Gasteiger partial charge in [0.1, 0.15) is 11.6 Å². The largest absolute Gasteiger partial charge is 0.496 e. The molecule has 1 saturated heterocycles. The van der Waals surface area contributed by atoms with Crippen molar-refractivity contribution >= 4 is 5.97 Å². The maximum absolute atomic E-state index is 13.9. The second kappa shape index (κ2) is 7.21. The minimum atomic E-state index is -4.85. The van der Waals surface area contributed by atoms with Gasteiger partial charge in [-0.05, 0) is 13.0 Å². The third kappa shape index (κ3) is 3.35. The molecule has 2 rings (SSSR count). The summed E-state index contributed by atoms with van der Waals surface area (Å²) in [5.74, 6) is -5.73. The number of ether oxygens (including phenoxy) is 3. The van der Waals surface area contributed by atoms with Gasteiger partial charge in [0, 0.05) is 17.4 Å². The van der Waals surface area contributed by atoms with Crippen LogP contribution in [0.4, 0.5) is 26.3 Å². The molecule has 0 bridgehead atoms. The van der Waals surface area contributed by atoms with E-state index < -0.39 is 59.2 Å². The Morgan fingerprint density at radius 2 is 1.85 bits per heavy atom. The van der Waals surface area contributed by atoms with Gasteiger partial charge in [0.05, 0.1) is 19.8 Å². The van der Waals surface area contributed by atoms with Gasteiger partial charge >= 0.3 is 12.1 Å². The number of rotatable bonds is 4. The Morgan fingerprint density at radius 1 is 1.26 bits per heavy atom. The number of methoxy groups -OCH3 is 2. The minimum absolute atomic E-state index is 0.190. The van der Waals surface area contributed by atoms with Crippen molar-refractivity contribution in [3.63, 3.8) is 0 Å². The number of carbonyl (C=O) groups excluding carboxylic acids is 1. The first-order chi connectivity index (χ1) is 12.4. The molecular weight excluding hydrogens is 382 g/mol. The first-order valence-corrected chi connectivity index (χ1v) is 7.87. The fraction of sp³-hybridized carbons (Fsp3) is 0.588. The molecule has 0 aromatic heterocycles. The Morgan fingerprint density at radius 3 is 2.30 bits per heavy atom. The molecule has 0 amide bonds. The first-order valence-electron chi connectivity index (χ1n) is 7.87. The molecule has 0 spiro atoms. The summed E-state index contributed by atoms with van der Waals surface area (Å²) in [6.07, 6.45) is -9.86. The van der Waals surface area contributed by atoms with E-state index in [1.807, 2.05) is 0 Å². The summed E-state index contributed by atoms with van der Waals surface area (Å²) in [4.78, 5) is 12.1. The van der Waals surface area contributed by atoms with Crippen molar-refractivity contribution in [1.29, 1.82) is 0 Å². The number of carbonyl (C=O) groups is 1. The van der Waals surface area contributed by atoms with Crippen LogP contribution in [-0.2, 0) is 14.3 Å². The number of benzene rings is 1. The molecule has 1 fully saturated rings. The molecule has 0 radical (unpaired) electrons. The first kappa shape index (κ1) is 21.3. The zero-order valence-electron chi connectivity index (χ0n) is 14.9. The fourth-order valence-corrected chi connectivity index (χ4v) is 3.40. The van der Waals surface area contributed by atoms with Gasteiger partial charge in [-0.2, -0.15) is 13.2 Å². The number of esters is 1. The zero-order valence-corrected chi connectivity index (χ0v) is 14.9. The fourth-order valence-electron chi connectivity index (χ4n) is 3.40. The molecule has 4 atom stereocenters. The van der Waals surface area contributed by atoms with E-state index in [2.05, 4.69) is 4.74 Å². The third-order valence-corrected chi connectivity index (χ3v) is 5.06. The van der Waals surface area contributed by atoms with Crippen molar-refractivity contribution < 1.29 is 45.3 Å². The number of hydrogen-bond donors (Lipinski definition) is 0. The van der Waals surface area contributed by atoms with Gasteiger partial charge in [0.15, 0.2) is 11.7 Å². The maximum Gasteiger partial charge on any atom is 0.417 e. The average Bonchev–Trinajstić information content (AvgIpc) is 2.86. The van der Waals surface area contributed by atoms with E-state index in [0.717, 1.165) is 27.2 Å². The van der Waals surface area contributed by atoms with Crippen molar-refractivity contribution in [3.8, 4) is 5.75 Å². The highest BCUT2D eigenvalue weighted by molar-refractivity contribution is 5.77. The smallest absolute Gasteiger partial charge is 0.417 e. The molecule has 1 aliphatic heterocycles. The van der Waals surface area contributed by atoms with E-state index in [1.165, 1.54) is 6.92 Å². The van der Waals surface area contributed by atoms with Crippen LogP contribution in [0.3, 0.4) is 0 Å². The standard InChI is InChI=1S/C17H18F6O4/c1-7-10(8-5-6-9(18)11(14(19)20)12(8)25-3)13(15(24)26-4)27-16(7,2)17(21,22)23/h5-7,10,13-14H,1-4H3/t7-,10+,13+,16+/m0/s1. The lowest BCUT2D eigenvalue weighted by Gasteiger charge is -2.32. The summed E-state index contributed by atoms with van der Waals surface area (Å²) in [6.45, 7) is 1.93. The summed E-state index contributed by atoms with van der Waals surface area (Å²) < 4.78 is 95.6. The molecule has 1 aromatic rings. The van der Waals surface area contributed by atoms with Crippen LogP contribution >= 0.6 is 0 Å². The summed E-state index contributed by atoms with van der Waals surface area (Å²) in [5.41, 5.74) is -4.03. The van der Waals surface area contributed by atoms with Crippen molar-refractivity contribution in [2.75, 3.05) is 14.2 Å². The summed E-state index contributed by atoms with van der Waals surface area (Å²) in [5, 5.41) is 0. The van der Waals surface area contributed by atoms with E-state index in [9.17, 15) is 31.1 Å². The summed E-state index contributed by atoms with van der Waals surface area (Å²) in [7, 11) is 1.95. The lowest BCUT2D eigenvalue weighted by atomic mass is 9.76.